The Kier molecular flexibility index (Phi) is 3.68. The third-order valence-electron chi connectivity index (χ3n) is 2.67. The van der Waals surface area contributed by atoms with Gasteiger partial charge < -0.3 is 5.11 Å². The fourth-order valence-electron chi connectivity index (χ4n) is 1.71. The van der Waals surface area contributed by atoms with Gasteiger partial charge in [0.1, 0.15) is 5.75 Å². The summed E-state index contributed by atoms with van der Waals surface area (Å²) in [5, 5.41) is 10.3. The van der Waals surface area contributed by atoms with Gasteiger partial charge in [-0.05, 0) is 61.4 Å². The third kappa shape index (κ3) is 2.71. The Morgan fingerprint density at radius 3 is 2.56 bits per heavy atom. The number of rotatable bonds is 2. The summed E-state index contributed by atoms with van der Waals surface area (Å²) in [4.78, 5) is 4.41. The van der Waals surface area contributed by atoms with E-state index in [0.717, 1.165) is 16.8 Å². The van der Waals surface area contributed by atoms with Crippen LogP contribution in [0.1, 0.15) is 16.7 Å². The van der Waals surface area contributed by atoms with Crippen molar-refractivity contribution in [2.24, 2.45) is 4.99 Å². The summed E-state index contributed by atoms with van der Waals surface area (Å²) in [6.07, 6.45) is 1.62. The molecule has 2 aromatic rings. The molecule has 0 saturated heterocycles. The first-order chi connectivity index (χ1) is 8.58. The predicted molar refractivity (Wildman–Crippen MR) is 75.1 cm³/mol. The molecule has 0 aromatic heterocycles. The van der Waals surface area contributed by atoms with Crippen LogP contribution in [0.15, 0.2) is 35.3 Å². The fourth-order valence-corrected chi connectivity index (χ4v) is 1.89. The molecule has 0 spiro atoms. The number of phenols is 1. The summed E-state index contributed by atoms with van der Waals surface area (Å²) in [6, 6.07) is 11.7. The summed E-state index contributed by atoms with van der Waals surface area (Å²) in [5.74, 6) is 0.168. The number of aryl methyl sites for hydroxylation is 2. The molecule has 91 valence electrons. The molecular formula is C15H13ClNO. The van der Waals surface area contributed by atoms with Crippen LogP contribution in [0.4, 0.5) is 5.69 Å². The van der Waals surface area contributed by atoms with Crippen molar-refractivity contribution >= 4 is 23.5 Å². The second kappa shape index (κ2) is 5.23. The Bertz CT molecular complexity index is 585. The second-order valence-electron chi connectivity index (χ2n) is 4.13. The highest BCUT2D eigenvalue weighted by molar-refractivity contribution is 6.30. The average Bonchev–Trinajstić information content (AvgIpc) is 2.33. The Morgan fingerprint density at radius 1 is 1.22 bits per heavy atom. The molecule has 2 aromatic carbocycles. The molecule has 18 heavy (non-hydrogen) atoms. The van der Waals surface area contributed by atoms with Crippen molar-refractivity contribution in [2.45, 2.75) is 13.8 Å². The van der Waals surface area contributed by atoms with E-state index in [2.05, 4.69) is 11.1 Å². The van der Waals surface area contributed by atoms with Crippen molar-refractivity contribution in [1.29, 1.82) is 0 Å². The molecule has 1 N–H and O–H groups in total. The van der Waals surface area contributed by atoms with E-state index in [1.807, 2.05) is 26.0 Å². The van der Waals surface area contributed by atoms with E-state index < -0.39 is 0 Å². The summed E-state index contributed by atoms with van der Waals surface area (Å²) in [5.41, 5.74) is 3.60. The predicted octanol–water partition coefficient (Wildman–Crippen LogP) is 4.21. The van der Waals surface area contributed by atoms with Gasteiger partial charge in [-0.15, -0.1) is 0 Å². The SMILES string of the molecule is Cc1c[c]cc(C)c1N=Cc1cc(Cl)ccc1O. The fraction of sp³-hybridized carbons (Fsp3) is 0.133. The van der Waals surface area contributed by atoms with Gasteiger partial charge >= 0.3 is 0 Å². The lowest BCUT2D eigenvalue weighted by molar-refractivity contribution is 0.474. The van der Waals surface area contributed by atoms with Crippen LogP contribution in [0.3, 0.4) is 0 Å². The maximum atomic E-state index is 9.70. The van der Waals surface area contributed by atoms with Gasteiger partial charge in [-0.2, -0.15) is 0 Å². The summed E-state index contributed by atoms with van der Waals surface area (Å²) >= 11 is 5.88. The average molecular weight is 259 g/mol. The van der Waals surface area contributed by atoms with Gasteiger partial charge in [0.2, 0.25) is 0 Å². The Labute approximate surface area is 112 Å². The smallest absolute Gasteiger partial charge is 0.124 e. The monoisotopic (exact) mass is 258 g/mol. The summed E-state index contributed by atoms with van der Waals surface area (Å²) in [7, 11) is 0. The molecule has 0 unspecified atom stereocenters. The lowest BCUT2D eigenvalue weighted by Crippen LogP contribution is -1.85. The van der Waals surface area contributed by atoms with Crippen molar-refractivity contribution in [3.05, 3.63) is 58.1 Å². The molecule has 0 atom stereocenters. The van der Waals surface area contributed by atoms with Gasteiger partial charge in [-0.25, -0.2) is 0 Å². The van der Waals surface area contributed by atoms with E-state index in [1.165, 1.54) is 0 Å². The number of benzene rings is 2. The Balaban J connectivity index is 2.39. The van der Waals surface area contributed by atoms with E-state index in [-0.39, 0.29) is 5.75 Å². The van der Waals surface area contributed by atoms with E-state index >= 15 is 0 Å². The molecule has 0 bridgehead atoms. The van der Waals surface area contributed by atoms with Gasteiger partial charge in [0, 0.05) is 16.8 Å². The zero-order valence-corrected chi connectivity index (χ0v) is 11.0. The Morgan fingerprint density at radius 2 is 1.89 bits per heavy atom. The first-order valence-electron chi connectivity index (χ1n) is 5.58. The van der Waals surface area contributed by atoms with E-state index in [0.29, 0.717) is 10.6 Å². The normalized spacial score (nSPS) is 11.1. The topological polar surface area (TPSA) is 32.6 Å². The van der Waals surface area contributed by atoms with Crippen molar-refractivity contribution in [1.82, 2.24) is 0 Å². The van der Waals surface area contributed by atoms with Crippen LogP contribution in [0.25, 0.3) is 0 Å². The minimum atomic E-state index is 0.168. The molecule has 0 aliphatic rings. The van der Waals surface area contributed by atoms with Crippen LogP contribution < -0.4 is 0 Å². The maximum Gasteiger partial charge on any atom is 0.124 e. The molecule has 1 radical (unpaired) electrons. The highest BCUT2D eigenvalue weighted by atomic mass is 35.5. The van der Waals surface area contributed by atoms with E-state index in [1.54, 1.807) is 24.4 Å². The molecule has 0 amide bonds. The number of halogens is 1. The molecule has 2 rings (SSSR count). The molecule has 0 aliphatic heterocycles. The number of hydrogen-bond donors (Lipinski definition) is 1. The minimum absolute atomic E-state index is 0.168. The lowest BCUT2D eigenvalue weighted by atomic mass is 10.1. The van der Waals surface area contributed by atoms with Crippen LogP contribution in [0, 0.1) is 19.9 Å². The van der Waals surface area contributed by atoms with Crippen molar-refractivity contribution in [3.8, 4) is 5.75 Å². The largest absolute Gasteiger partial charge is 0.507 e. The molecule has 0 saturated carbocycles. The second-order valence-corrected chi connectivity index (χ2v) is 4.57. The van der Waals surface area contributed by atoms with Gasteiger partial charge in [0.05, 0.1) is 5.69 Å². The molecule has 0 fully saturated rings. The quantitative estimate of drug-likeness (QED) is 0.804. The van der Waals surface area contributed by atoms with Crippen LogP contribution >= 0.6 is 11.6 Å². The Hall–Kier alpha value is -1.80. The van der Waals surface area contributed by atoms with Gasteiger partial charge in [0.15, 0.2) is 0 Å². The third-order valence-corrected chi connectivity index (χ3v) is 2.90. The van der Waals surface area contributed by atoms with E-state index in [9.17, 15) is 5.11 Å². The van der Waals surface area contributed by atoms with Crippen LogP contribution in [-0.4, -0.2) is 11.3 Å². The van der Waals surface area contributed by atoms with Gasteiger partial charge in [-0.3, -0.25) is 4.99 Å². The number of aliphatic imine (C=N–C) groups is 1. The summed E-state index contributed by atoms with van der Waals surface area (Å²) < 4.78 is 0. The molecule has 0 aliphatic carbocycles. The van der Waals surface area contributed by atoms with Gasteiger partial charge in [-0.1, -0.05) is 11.6 Å². The lowest BCUT2D eigenvalue weighted by Gasteiger charge is -2.04. The maximum absolute atomic E-state index is 9.70. The number of hydrogen-bond acceptors (Lipinski definition) is 2. The first-order valence-corrected chi connectivity index (χ1v) is 5.95. The zero-order chi connectivity index (χ0) is 13.1. The van der Waals surface area contributed by atoms with Crippen LogP contribution in [0.5, 0.6) is 5.75 Å². The minimum Gasteiger partial charge on any atom is -0.507 e. The highest BCUT2D eigenvalue weighted by Crippen LogP contribution is 2.24. The number of phenolic OH excluding ortho intramolecular Hbond substituents is 1. The molecule has 0 heterocycles. The molecule has 3 heteroatoms. The van der Waals surface area contributed by atoms with Crippen molar-refractivity contribution in [2.75, 3.05) is 0 Å². The highest BCUT2D eigenvalue weighted by Gasteiger charge is 2.02. The van der Waals surface area contributed by atoms with Crippen LogP contribution in [0.2, 0.25) is 5.02 Å². The number of nitrogens with zero attached hydrogens (tertiary/aromatic N) is 1. The number of aromatic hydroxyl groups is 1. The molecular weight excluding hydrogens is 246 g/mol. The molecule has 2 nitrogen and oxygen atoms in total. The van der Waals surface area contributed by atoms with Crippen LogP contribution in [-0.2, 0) is 0 Å². The van der Waals surface area contributed by atoms with Crippen molar-refractivity contribution < 1.29 is 5.11 Å². The first kappa shape index (κ1) is 12.7. The zero-order valence-electron chi connectivity index (χ0n) is 10.2. The standard InChI is InChI=1S/C15H13ClNO/c1-10-4-3-5-11(2)15(10)17-9-12-8-13(16)6-7-14(12)18/h4-9,18H,1-2H3. The van der Waals surface area contributed by atoms with Gasteiger partial charge in [0.25, 0.3) is 0 Å². The summed E-state index contributed by atoms with van der Waals surface area (Å²) in [6.45, 7) is 3.96. The van der Waals surface area contributed by atoms with Crippen molar-refractivity contribution in [3.63, 3.8) is 0 Å². The van der Waals surface area contributed by atoms with E-state index in [4.69, 9.17) is 11.6 Å².